The lowest BCUT2D eigenvalue weighted by atomic mass is 10.1. The van der Waals surface area contributed by atoms with Crippen LogP contribution in [0.4, 0.5) is 13.2 Å². The highest BCUT2D eigenvalue weighted by atomic mass is 32.2. The third-order valence-corrected chi connectivity index (χ3v) is 2.94. The lowest BCUT2D eigenvalue weighted by molar-refractivity contribution is -0.107. The number of aldehydes is 1. The van der Waals surface area contributed by atoms with Crippen LogP contribution in [0.3, 0.4) is 0 Å². The number of carbonyl (C=O) groups is 1. The van der Waals surface area contributed by atoms with Gasteiger partial charge in [0, 0.05) is 6.42 Å². The first-order valence-corrected chi connectivity index (χ1v) is 6.20. The molecular weight excluding hydrogens is 273 g/mol. The molecule has 0 spiro atoms. The van der Waals surface area contributed by atoms with E-state index < -0.39 is 21.4 Å². The fourth-order valence-electron chi connectivity index (χ4n) is 1.11. The van der Waals surface area contributed by atoms with Crippen LogP contribution in [0.2, 0.25) is 0 Å². The van der Waals surface area contributed by atoms with E-state index in [9.17, 15) is 26.4 Å². The van der Waals surface area contributed by atoms with Gasteiger partial charge in [0.05, 0.1) is 0 Å². The van der Waals surface area contributed by atoms with Crippen molar-refractivity contribution in [2.24, 2.45) is 0 Å². The molecule has 1 aromatic carbocycles. The quantitative estimate of drug-likeness (QED) is 0.471. The van der Waals surface area contributed by atoms with Gasteiger partial charge in [-0.15, -0.1) is 0 Å². The SMILES string of the molecule is O=CCCc1ccc(OS(=O)(=O)C(F)(F)F)cc1. The number of hydrogen-bond acceptors (Lipinski definition) is 4. The average Bonchev–Trinajstić information content (AvgIpc) is 2.26. The molecule has 1 rings (SSSR count). The third kappa shape index (κ3) is 3.73. The van der Waals surface area contributed by atoms with E-state index in [1.165, 1.54) is 12.1 Å². The molecule has 0 aliphatic rings. The standard InChI is InChI=1S/C10H9F3O4S/c11-10(12,13)18(15,16)17-9-5-3-8(4-6-9)2-1-7-14/h3-7H,1-2H2. The highest BCUT2D eigenvalue weighted by Crippen LogP contribution is 2.26. The average molecular weight is 282 g/mol. The van der Waals surface area contributed by atoms with Gasteiger partial charge in [0.15, 0.2) is 0 Å². The van der Waals surface area contributed by atoms with Crippen LogP contribution in [0.25, 0.3) is 0 Å². The summed E-state index contributed by atoms with van der Waals surface area (Å²) in [4.78, 5) is 10.1. The number of hydrogen-bond donors (Lipinski definition) is 0. The Labute approximate surface area is 101 Å². The van der Waals surface area contributed by atoms with Crippen molar-refractivity contribution in [2.75, 3.05) is 0 Å². The van der Waals surface area contributed by atoms with Crippen molar-refractivity contribution in [1.82, 2.24) is 0 Å². The molecular formula is C10H9F3O4S. The Hall–Kier alpha value is -1.57. The number of alkyl halides is 3. The van der Waals surface area contributed by atoms with Crippen LogP contribution in [0, 0.1) is 0 Å². The normalized spacial score (nSPS) is 12.2. The molecule has 0 bridgehead atoms. The number of benzene rings is 1. The van der Waals surface area contributed by atoms with Gasteiger partial charge in [-0.2, -0.15) is 21.6 Å². The molecule has 0 radical (unpaired) electrons. The molecule has 0 atom stereocenters. The van der Waals surface area contributed by atoms with Crippen molar-refractivity contribution in [1.29, 1.82) is 0 Å². The maximum absolute atomic E-state index is 12.0. The summed E-state index contributed by atoms with van der Waals surface area (Å²) in [7, 11) is -5.64. The fourth-order valence-corrected chi connectivity index (χ4v) is 1.57. The van der Waals surface area contributed by atoms with Crippen molar-refractivity contribution in [3.63, 3.8) is 0 Å². The van der Waals surface area contributed by atoms with Crippen molar-refractivity contribution in [3.8, 4) is 5.75 Å². The molecule has 1 aromatic rings. The van der Waals surface area contributed by atoms with Crippen LogP contribution in [-0.4, -0.2) is 20.2 Å². The minimum absolute atomic E-state index is 0.279. The molecule has 0 N–H and O–H groups in total. The molecule has 0 amide bonds. The second kappa shape index (κ2) is 5.38. The van der Waals surface area contributed by atoms with E-state index in [0.717, 1.165) is 12.1 Å². The molecule has 8 heteroatoms. The Morgan fingerprint density at radius 3 is 2.17 bits per heavy atom. The topological polar surface area (TPSA) is 60.4 Å². The van der Waals surface area contributed by atoms with Crippen LogP contribution in [0.5, 0.6) is 5.75 Å². The monoisotopic (exact) mass is 282 g/mol. The molecule has 0 fully saturated rings. The summed E-state index contributed by atoms with van der Waals surface area (Å²) in [6.07, 6.45) is 1.41. The predicted octanol–water partition coefficient (Wildman–Crippen LogP) is 2.05. The molecule has 0 aromatic heterocycles. The van der Waals surface area contributed by atoms with Gasteiger partial charge in [0.2, 0.25) is 0 Å². The van der Waals surface area contributed by atoms with Gasteiger partial charge in [-0.1, -0.05) is 12.1 Å². The molecule has 0 heterocycles. The molecule has 100 valence electrons. The van der Waals surface area contributed by atoms with Gasteiger partial charge in [-0.05, 0) is 24.1 Å². The van der Waals surface area contributed by atoms with Crippen LogP contribution in [-0.2, 0) is 21.3 Å². The van der Waals surface area contributed by atoms with Crippen molar-refractivity contribution in [3.05, 3.63) is 29.8 Å². The van der Waals surface area contributed by atoms with Gasteiger partial charge in [0.1, 0.15) is 12.0 Å². The van der Waals surface area contributed by atoms with Crippen LogP contribution in [0.15, 0.2) is 24.3 Å². The highest BCUT2D eigenvalue weighted by Gasteiger charge is 2.48. The summed E-state index contributed by atoms with van der Waals surface area (Å²) in [6, 6.07) is 4.99. The maximum atomic E-state index is 12.0. The second-order valence-corrected chi connectivity index (χ2v) is 4.87. The van der Waals surface area contributed by atoms with E-state index in [0.29, 0.717) is 18.3 Å². The Bertz CT molecular complexity index is 505. The van der Waals surface area contributed by atoms with Crippen molar-refractivity contribution >= 4 is 16.4 Å². The highest BCUT2D eigenvalue weighted by molar-refractivity contribution is 7.87. The van der Waals surface area contributed by atoms with E-state index in [-0.39, 0.29) is 6.42 Å². The molecule has 0 aliphatic heterocycles. The zero-order chi connectivity index (χ0) is 13.8. The molecule has 0 aliphatic carbocycles. The van der Waals surface area contributed by atoms with Gasteiger partial charge in [-0.25, -0.2) is 0 Å². The first-order chi connectivity index (χ1) is 8.26. The van der Waals surface area contributed by atoms with Gasteiger partial charge in [0.25, 0.3) is 0 Å². The van der Waals surface area contributed by atoms with E-state index in [4.69, 9.17) is 0 Å². The summed E-state index contributed by atoms with van der Waals surface area (Å²) in [5.41, 5.74) is -4.76. The van der Waals surface area contributed by atoms with Crippen molar-refractivity contribution in [2.45, 2.75) is 18.3 Å². The molecule has 4 nitrogen and oxygen atoms in total. The minimum atomic E-state index is -5.64. The summed E-state index contributed by atoms with van der Waals surface area (Å²) in [5, 5.41) is 0. The van der Waals surface area contributed by atoms with E-state index >= 15 is 0 Å². The first-order valence-electron chi connectivity index (χ1n) is 4.79. The number of carbonyl (C=O) groups excluding carboxylic acids is 1. The predicted molar refractivity (Wildman–Crippen MR) is 56.4 cm³/mol. The number of rotatable bonds is 5. The summed E-state index contributed by atoms with van der Waals surface area (Å²) < 4.78 is 61.3. The largest absolute Gasteiger partial charge is 0.534 e. The van der Waals surface area contributed by atoms with Crippen molar-refractivity contribution < 1.29 is 30.6 Å². The number of aryl methyl sites for hydroxylation is 1. The zero-order valence-electron chi connectivity index (χ0n) is 8.98. The zero-order valence-corrected chi connectivity index (χ0v) is 9.79. The van der Waals surface area contributed by atoms with Gasteiger partial charge >= 0.3 is 15.6 Å². The minimum Gasteiger partial charge on any atom is -0.376 e. The van der Waals surface area contributed by atoms with Gasteiger partial charge in [-0.3, -0.25) is 0 Å². The Morgan fingerprint density at radius 2 is 1.72 bits per heavy atom. The van der Waals surface area contributed by atoms with Crippen LogP contribution >= 0.6 is 0 Å². The van der Waals surface area contributed by atoms with Crippen LogP contribution in [0.1, 0.15) is 12.0 Å². The van der Waals surface area contributed by atoms with Crippen LogP contribution < -0.4 is 4.18 Å². The van der Waals surface area contributed by atoms with E-state index in [1.807, 2.05) is 0 Å². The Kier molecular flexibility index (Phi) is 4.33. The molecule has 0 saturated carbocycles. The smallest absolute Gasteiger partial charge is 0.376 e. The molecule has 0 saturated heterocycles. The van der Waals surface area contributed by atoms with Gasteiger partial charge < -0.3 is 8.98 Å². The maximum Gasteiger partial charge on any atom is 0.534 e. The third-order valence-electron chi connectivity index (χ3n) is 1.96. The summed E-state index contributed by atoms with van der Waals surface area (Å²) >= 11 is 0. The van der Waals surface area contributed by atoms with E-state index in [1.54, 1.807) is 0 Å². The molecule has 0 unspecified atom stereocenters. The Morgan fingerprint density at radius 1 is 1.17 bits per heavy atom. The lowest BCUT2D eigenvalue weighted by Crippen LogP contribution is -2.28. The first kappa shape index (κ1) is 14.5. The Balaban J connectivity index is 2.78. The second-order valence-electron chi connectivity index (χ2n) is 3.33. The fraction of sp³-hybridized carbons (Fsp3) is 0.300. The lowest BCUT2D eigenvalue weighted by Gasteiger charge is -2.09. The summed E-state index contributed by atoms with van der Waals surface area (Å²) in [5.74, 6) is -0.429. The molecule has 18 heavy (non-hydrogen) atoms. The summed E-state index contributed by atoms with van der Waals surface area (Å²) in [6.45, 7) is 0. The number of halogens is 3. The van der Waals surface area contributed by atoms with E-state index in [2.05, 4.69) is 4.18 Å².